The van der Waals surface area contributed by atoms with Gasteiger partial charge in [-0.2, -0.15) is 0 Å². The summed E-state index contributed by atoms with van der Waals surface area (Å²) in [7, 11) is 0. The number of rotatable bonds is 5. The minimum Gasteiger partial charge on any atom is -0.490 e. The molecule has 4 rings (SSSR count). The minimum atomic E-state index is -0.629. The molecule has 1 heterocycles. The lowest BCUT2D eigenvalue weighted by molar-refractivity contribution is 0.0931. The molecule has 0 fully saturated rings. The first-order chi connectivity index (χ1) is 12.2. The maximum atomic E-state index is 10.4. The third kappa shape index (κ3) is 3.25. The molecule has 0 aliphatic carbocycles. The zero-order valence-corrected chi connectivity index (χ0v) is 15.1. The fourth-order valence-corrected chi connectivity index (χ4v) is 3.55. The van der Waals surface area contributed by atoms with Gasteiger partial charge >= 0.3 is 0 Å². The minimum absolute atomic E-state index is 0.212. The highest BCUT2D eigenvalue weighted by Crippen LogP contribution is 2.33. The highest BCUT2D eigenvalue weighted by molar-refractivity contribution is 9.10. The van der Waals surface area contributed by atoms with Gasteiger partial charge in [0.05, 0.1) is 28.4 Å². The molecule has 4 aromatic rings. The van der Waals surface area contributed by atoms with E-state index in [1.807, 2.05) is 59.2 Å². The summed E-state index contributed by atoms with van der Waals surface area (Å²) in [4.78, 5) is 4.34. The summed E-state index contributed by atoms with van der Waals surface area (Å²) in [6.07, 6.45) is 1.12. The van der Waals surface area contributed by atoms with Crippen LogP contribution >= 0.6 is 15.9 Å². The van der Waals surface area contributed by atoms with Gasteiger partial charge in [-0.3, -0.25) is 0 Å². The number of hydrogen-bond donors (Lipinski definition) is 1. The van der Waals surface area contributed by atoms with Crippen molar-refractivity contribution in [1.29, 1.82) is 0 Å². The van der Waals surface area contributed by atoms with Crippen LogP contribution in [0.4, 0.5) is 0 Å². The number of nitrogens with zero attached hydrogens (tertiary/aromatic N) is 2. The third-order valence-electron chi connectivity index (χ3n) is 4.19. The predicted octanol–water partition coefficient (Wildman–Crippen LogP) is 4.39. The number of aliphatic hydroxyl groups excluding tert-OH is 1. The van der Waals surface area contributed by atoms with Gasteiger partial charge in [-0.05, 0) is 44.9 Å². The van der Waals surface area contributed by atoms with Crippen molar-refractivity contribution in [1.82, 2.24) is 9.55 Å². The van der Waals surface area contributed by atoms with Gasteiger partial charge in [-0.1, -0.05) is 42.5 Å². The van der Waals surface area contributed by atoms with E-state index in [9.17, 15) is 5.11 Å². The van der Waals surface area contributed by atoms with E-state index >= 15 is 0 Å². The largest absolute Gasteiger partial charge is 0.490 e. The molecule has 3 aromatic carbocycles. The molecule has 5 heteroatoms. The molecule has 126 valence electrons. The number of imidazole rings is 1. The van der Waals surface area contributed by atoms with Crippen molar-refractivity contribution in [2.45, 2.75) is 12.6 Å². The summed E-state index contributed by atoms with van der Waals surface area (Å²) in [5, 5.41) is 12.6. The highest BCUT2D eigenvalue weighted by Gasteiger charge is 2.11. The number of ether oxygens (including phenoxy) is 1. The number of benzene rings is 3. The first-order valence-electron chi connectivity index (χ1n) is 8.10. The Hall–Kier alpha value is -2.37. The molecule has 0 aliphatic rings. The average Bonchev–Trinajstić information content (AvgIpc) is 3.04. The van der Waals surface area contributed by atoms with Crippen LogP contribution in [-0.2, 0) is 6.54 Å². The zero-order valence-electron chi connectivity index (χ0n) is 13.5. The maximum Gasteiger partial charge on any atom is 0.134 e. The summed E-state index contributed by atoms with van der Waals surface area (Å²) in [6.45, 7) is 0.648. The molecule has 1 N–H and O–H groups in total. The monoisotopic (exact) mass is 396 g/mol. The Morgan fingerprint density at radius 3 is 2.76 bits per heavy atom. The second-order valence-corrected chi connectivity index (χ2v) is 6.74. The van der Waals surface area contributed by atoms with Crippen molar-refractivity contribution >= 4 is 37.7 Å². The van der Waals surface area contributed by atoms with Gasteiger partial charge in [0.2, 0.25) is 0 Å². The lowest BCUT2D eigenvalue weighted by atomic mass is 10.1. The van der Waals surface area contributed by atoms with Crippen LogP contribution in [0, 0.1) is 0 Å². The Morgan fingerprint density at radius 1 is 1.04 bits per heavy atom. The molecule has 1 aromatic heterocycles. The number of aromatic nitrogens is 2. The van der Waals surface area contributed by atoms with Gasteiger partial charge in [0.15, 0.2) is 0 Å². The average molecular weight is 397 g/mol. The molecule has 0 radical (unpaired) electrons. The molecule has 0 spiro atoms. The number of aliphatic hydroxyl groups is 1. The van der Waals surface area contributed by atoms with E-state index in [1.54, 1.807) is 6.33 Å². The molecule has 0 bridgehead atoms. The van der Waals surface area contributed by atoms with Crippen molar-refractivity contribution in [2.24, 2.45) is 0 Å². The number of fused-ring (bicyclic) bond motifs is 2. The van der Waals surface area contributed by atoms with Gasteiger partial charge in [0.25, 0.3) is 0 Å². The highest BCUT2D eigenvalue weighted by atomic mass is 79.9. The third-order valence-corrected chi connectivity index (χ3v) is 5.01. The topological polar surface area (TPSA) is 47.3 Å². The summed E-state index contributed by atoms with van der Waals surface area (Å²) < 4.78 is 8.69. The summed E-state index contributed by atoms with van der Waals surface area (Å²) in [5.41, 5.74) is 1.93. The van der Waals surface area contributed by atoms with Crippen molar-refractivity contribution in [3.63, 3.8) is 0 Å². The number of para-hydroxylation sites is 2. The molecular weight excluding hydrogens is 380 g/mol. The quantitative estimate of drug-likeness (QED) is 0.543. The zero-order chi connectivity index (χ0) is 17.2. The molecule has 25 heavy (non-hydrogen) atoms. The fraction of sp³-hybridized carbons (Fsp3) is 0.150. The van der Waals surface area contributed by atoms with Crippen LogP contribution in [0.5, 0.6) is 5.75 Å². The van der Waals surface area contributed by atoms with E-state index in [-0.39, 0.29) is 6.61 Å². The first-order valence-corrected chi connectivity index (χ1v) is 8.89. The van der Waals surface area contributed by atoms with Gasteiger partial charge < -0.3 is 14.4 Å². The van der Waals surface area contributed by atoms with E-state index in [0.29, 0.717) is 6.54 Å². The fourth-order valence-electron chi connectivity index (χ4n) is 2.95. The van der Waals surface area contributed by atoms with Crippen LogP contribution in [0.15, 0.2) is 71.5 Å². The van der Waals surface area contributed by atoms with Crippen LogP contribution < -0.4 is 4.74 Å². The lowest BCUT2D eigenvalue weighted by Crippen LogP contribution is -2.23. The first kappa shape index (κ1) is 16.1. The van der Waals surface area contributed by atoms with Crippen LogP contribution in [0.2, 0.25) is 0 Å². The number of halogens is 1. The van der Waals surface area contributed by atoms with Crippen LogP contribution in [0.25, 0.3) is 21.8 Å². The van der Waals surface area contributed by atoms with Crippen LogP contribution in [0.1, 0.15) is 0 Å². The molecule has 0 aliphatic heterocycles. The SMILES string of the molecule is O[C@H](COc1ccc2ccccc2c1Br)Cn1cnc2ccccc21. The van der Waals surface area contributed by atoms with Gasteiger partial charge in [-0.25, -0.2) is 4.98 Å². The Morgan fingerprint density at radius 2 is 1.84 bits per heavy atom. The smallest absolute Gasteiger partial charge is 0.134 e. The van der Waals surface area contributed by atoms with Crippen LogP contribution in [0.3, 0.4) is 0 Å². The van der Waals surface area contributed by atoms with E-state index in [0.717, 1.165) is 32.0 Å². The second kappa shape index (κ2) is 6.86. The Labute approximate surface area is 153 Å². The Bertz CT molecular complexity index is 1030. The van der Waals surface area contributed by atoms with Gasteiger partial charge in [0, 0.05) is 0 Å². The maximum absolute atomic E-state index is 10.4. The normalized spacial score (nSPS) is 12.6. The molecule has 1 atom stereocenters. The van der Waals surface area contributed by atoms with Gasteiger partial charge in [-0.15, -0.1) is 0 Å². The van der Waals surface area contributed by atoms with E-state index in [2.05, 4.69) is 27.0 Å². The van der Waals surface area contributed by atoms with E-state index in [1.165, 1.54) is 0 Å². The van der Waals surface area contributed by atoms with Crippen molar-refractivity contribution < 1.29 is 9.84 Å². The Kier molecular flexibility index (Phi) is 4.42. The van der Waals surface area contributed by atoms with Crippen LogP contribution in [-0.4, -0.2) is 27.4 Å². The summed E-state index contributed by atoms with van der Waals surface area (Å²) >= 11 is 3.60. The standard InChI is InChI=1S/C20H17BrN2O2/c21-20-16-6-2-1-5-14(16)9-10-19(20)25-12-15(24)11-23-13-22-17-7-3-4-8-18(17)23/h1-10,13,15,24H,11-12H2/t15-/m0/s1. The molecule has 0 unspecified atom stereocenters. The van der Waals surface area contributed by atoms with Crippen molar-refractivity contribution in [2.75, 3.05) is 6.61 Å². The van der Waals surface area contributed by atoms with Crippen molar-refractivity contribution in [3.8, 4) is 5.75 Å². The lowest BCUT2D eigenvalue weighted by Gasteiger charge is -2.15. The molecular formula is C20H17BrN2O2. The van der Waals surface area contributed by atoms with E-state index in [4.69, 9.17) is 4.74 Å². The van der Waals surface area contributed by atoms with Gasteiger partial charge in [0.1, 0.15) is 18.5 Å². The van der Waals surface area contributed by atoms with Crippen molar-refractivity contribution in [3.05, 3.63) is 71.5 Å². The predicted molar refractivity (Wildman–Crippen MR) is 103 cm³/mol. The molecule has 0 saturated carbocycles. The number of hydrogen-bond acceptors (Lipinski definition) is 3. The summed E-state index contributed by atoms with van der Waals surface area (Å²) in [5.74, 6) is 0.730. The molecule has 0 saturated heterocycles. The van der Waals surface area contributed by atoms with E-state index < -0.39 is 6.10 Å². The molecule has 4 nitrogen and oxygen atoms in total. The second-order valence-electron chi connectivity index (χ2n) is 5.95. The molecule has 0 amide bonds. The summed E-state index contributed by atoms with van der Waals surface area (Å²) in [6, 6.07) is 19.9. The Balaban J connectivity index is 1.47.